The summed E-state index contributed by atoms with van der Waals surface area (Å²) in [5.41, 5.74) is 4.06. The number of carboxylic acids is 1. The van der Waals surface area contributed by atoms with Gasteiger partial charge in [0.2, 0.25) is 0 Å². The number of hydrogen-bond acceptors (Lipinski definition) is 3. The van der Waals surface area contributed by atoms with Gasteiger partial charge in [-0.1, -0.05) is 41.9 Å². The van der Waals surface area contributed by atoms with Crippen LogP contribution in [0.25, 0.3) is 22.4 Å². The average Bonchev–Trinajstić information content (AvgIpc) is 3.16. The highest BCUT2D eigenvalue weighted by molar-refractivity contribution is 6.30. The lowest BCUT2D eigenvalue weighted by atomic mass is 10.1. The molecule has 6 heteroatoms. The van der Waals surface area contributed by atoms with Crippen molar-refractivity contribution < 1.29 is 14.6 Å². The monoisotopic (exact) mass is 448 g/mol. The van der Waals surface area contributed by atoms with Crippen LogP contribution < -0.4 is 4.74 Å². The lowest BCUT2D eigenvalue weighted by Crippen LogP contribution is -2.06. The van der Waals surface area contributed by atoms with Crippen LogP contribution in [0.1, 0.15) is 31.2 Å². The summed E-state index contributed by atoms with van der Waals surface area (Å²) in [6, 6.07) is 23.9. The van der Waals surface area contributed by atoms with Crippen molar-refractivity contribution in [3.8, 4) is 17.1 Å². The first-order valence-electron chi connectivity index (χ1n) is 10.8. The largest absolute Gasteiger partial charge is 0.493 e. The highest BCUT2D eigenvalue weighted by atomic mass is 35.5. The van der Waals surface area contributed by atoms with E-state index in [9.17, 15) is 4.79 Å². The molecule has 0 bridgehead atoms. The Hall–Kier alpha value is -3.31. The predicted octanol–water partition coefficient (Wildman–Crippen LogP) is 6.43. The fourth-order valence-corrected chi connectivity index (χ4v) is 3.86. The number of imidazole rings is 1. The van der Waals surface area contributed by atoms with E-state index >= 15 is 0 Å². The maximum atomic E-state index is 10.6. The number of carbonyl (C=O) groups is 1. The normalized spacial score (nSPS) is 11.0. The van der Waals surface area contributed by atoms with Crippen molar-refractivity contribution >= 4 is 28.6 Å². The van der Waals surface area contributed by atoms with Crippen LogP contribution in [0.5, 0.6) is 5.75 Å². The molecule has 0 atom stereocenters. The van der Waals surface area contributed by atoms with E-state index < -0.39 is 5.97 Å². The third kappa shape index (κ3) is 5.29. The maximum Gasteiger partial charge on any atom is 0.303 e. The molecule has 4 rings (SSSR count). The number of hydrogen-bond donors (Lipinski definition) is 1. The minimum absolute atomic E-state index is 0.206. The first-order valence-corrected chi connectivity index (χ1v) is 11.1. The molecule has 32 heavy (non-hydrogen) atoms. The minimum Gasteiger partial charge on any atom is -0.493 e. The Morgan fingerprint density at radius 1 is 0.938 bits per heavy atom. The summed E-state index contributed by atoms with van der Waals surface area (Å²) < 4.78 is 8.27. The Kier molecular flexibility index (Phi) is 7.07. The van der Waals surface area contributed by atoms with Crippen molar-refractivity contribution in [3.05, 3.63) is 83.4 Å². The van der Waals surface area contributed by atoms with Crippen LogP contribution in [0.3, 0.4) is 0 Å². The van der Waals surface area contributed by atoms with Crippen LogP contribution in [0.2, 0.25) is 5.02 Å². The van der Waals surface area contributed by atoms with Crippen LogP contribution in [0, 0.1) is 0 Å². The number of ether oxygens (including phenoxy) is 1. The van der Waals surface area contributed by atoms with Gasteiger partial charge in [0.25, 0.3) is 0 Å². The summed E-state index contributed by atoms with van der Waals surface area (Å²) in [5.74, 6) is 0.970. The number of rotatable bonds is 10. The molecule has 1 aromatic heterocycles. The van der Waals surface area contributed by atoms with Crippen molar-refractivity contribution in [2.75, 3.05) is 6.61 Å². The summed E-state index contributed by atoms with van der Waals surface area (Å²) in [4.78, 5) is 15.5. The molecule has 0 unspecified atom stereocenters. The molecule has 0 saturated carbocycles. The van der Waals surface area contributed by atoms with Crippen LogP contribution in [0.15, 0.2) is 72.8 Å². The summed E-state index contributed by atoms with van der Waals surface area (Å²) in [5, 5.41) is 9.45. The van der Waals surface area contributed by atoms with Crippen molar-refractivity contribution in [1.82, 2.24) is 9.55 Å². The Morgan fingerprint density at radius 3 is 2.50 bits per heavy atom. The van der Waals surface area contributed by atoms with Crippen LogP contribution >= 0.6 is 11.6 Å². The molecule has 5 nitrogen and oxygen atoms in total. The molecule has 4 aromatic rings. The SMILES string of the molecule is O=C(O)CCCCCOc1ccccc1Cn1c(-c2ccc(Cl)cc2)nc2ccccc21. The number of fused-ring (bicyclic) bond motifs is 1. The topological polar surface area (TPSA) is 64.3 Å². The molecule has 1 N–H and O–H groups in total. The summed E-state index contributed by atoms with van der Waals surface area (Å²) in [7, 11) is 0. The van der Waals surface area contributed by atoms with Gasteiger partial charge in [0.1, 0.15) is 11.6 Å². The van der Waals surface area contributed by atoms with Crippen LogP contribution in [-0.2, 0) is 11.3 Å². The van der Waals surface area contributed by atoms with Gasteiger partial charge in [0.05, 0.1) is 24.2 Å². The average molecular weight is 449 g/mol. The van der Waals surface area contributed by atoms with Gasteiger partial charge >= 0.3 is 5.97 Å². The van der Waals surface area contributed by atoms with Crippen molar-refractivity contribution in [2.45, 2.75) is 32.2 Å². The standard InChI is InChI=1S/C26H25ClN2O3/c27-21-15-13-19(14-16-21)26-28-22-9-4-5-10-23(22)29(26)18-20-8-3-6-11-24(20)32-17-7-1-2-12-25(30)31/h3-6,8-11,13-16H,1-2,7,12,17-18H2,(H,30,31). The third-order valence-corrected chi connectivity index (χ3v) is 5.60. The Labute approximate surface area is 192 Å². The van der Waals surface area contributed by atoms with Crippen molar-refractivity contribution in [2.24, 2.45) is 0 Å². The van der Waals surface area contributed by atoms with Gasteiger partial charge in [0, 0.05) is 22.6 Å². The summed E-state index contributed by atoms with van der Waals surface area (Å²) in [6.45, 7) is 1.18. The number of para-hydroxylation sites is 3. The number of benzene rings is 3. The molecule has 0 amide bonds. The molecule has 164 valence electrons. The van der Waals surface area contributed by atoms with E-state index in [2.05, 4.69) is 16.7 Å². The van der Waals surface area contributed by atoms with Gasteiger partial charge in [-0.05, 0) is 61.7 Å². The molecular formula is C26H25ClN2O3. The Morgan fingerprint density at radius 2 is 1.69 bits per heavy atom. The summed E-state index contributed by atoms with van der Waals surface area (Å²) >= 11 is 6.09. The fraction of sp³-hybridized carbons (Fsp3) is 0.231. The second-order valence-electron chi connectivity index (χ2n) is 7.68. The van der Waals surface area contributed by atoms with Gasteiger partial charge in [-0.25, -0.2) is 4.98 Å². The minimum atomic E-state index is -0.750. The molecule has 0 spiro atoms. The Bertz CT molecular complexity index is 1200. The van der Waals surface area contributed by atoms with E-state index in [0.29, 0.717) is 24.6 Å². The second-order valence-corrected chi connectivity index (χ2v) is 8.11. The number of unbranched alkanes of at least 4 members (excludes halogenated alkanes) is 2. The van der Waals surface area contributed by atoms with E-state index in [1.165, 1.54) is 0 Å². The number of aromatic nitrogens is 2. The zero-order valence-corrected chi connectivity index (χ0v) is 18.5. The van der Waals surface area contributed by atoms with Gasteiger partial charge in [0.15, 0.2) is 0 Å². The van der Waals surface area contributed by atoms with E-state index in [1.807, 2.05) is 60.7 Å². The van der Waals surface area contributed by atoms with Crippen molar-refractivity contribution in [1.29, 1.82) is 0 Å². The first-order chi connectivity index (χ1) is 15.6. The molecule has 0 saturated heterocycles. The van der Waals surface area contributed by atoms with Gasteiger partial charge in [-0.2, -0.15) is 0 Å². The molecular weight excluding hydrogens is 424 g/mol. The van der Waals surface area contributed by atoms with E-state index in [-0.39, 0.29) is 6.42 Å². The molecule has 1 heterocycles. The molecule has 0 radical (unpaired) electrons. The Balaban J connectivity index is 1.57. The number of nitrogens with zero attached hydrogens (tertiary/aromatic N) is 2. The second kappa shape index (κ2) is 10.3. The van der Waals surface area contributed by atoms with E-state index in [1.54, 1.807) is 0 Å². The fourth-order valence-electron chi connectivity index (χ4n) is 3.74. The van der Waals surface area contributed by atoms with Crippen LogP contribution in [-0.4, -0.2) is 27.2 Å². The third-order valence-electron chi connectivity index (χ3n) is 5.35. The maximum absolute atomic E-state index is 10.6. The highest BCUT2D eigenvalue weighted by Gasteiger charge is 2.14. The zero-order valence-electron chi connectivity index (χ0n) is 17.7. The van der Waals surface area contributed by atoms with Crippen molar-refractivity contribution in [3.63, 3.8) is 0 Å². The van der Waals surface area contributed by atoms with Gasteiger partial charge in [-0.3, -0.25) is 4.79 Å². The van der Waals surface area contributed by atoms with Crippen LogP contribution in [0.4, 0.5) is 0 Å². The smallest absolute Gasteiger partial charge is 0.303 e. The zero-order chi connectivity index (χ0) is 22.3. The molecule has 0 aliphatic carbocycles. The lowest BCUT2D eigenvalue weighted by Gasteiger charge is -2.14. The molecule has 0 aliphatic heterocycles. The quantitative estimate of drug-likeness (QED) is 0.284. The predicted molar refractivity (Wildman–Crippen MR) is 127 cm³/mol. The van der Waals surface area contributed by atoms with Gasteiger partial charge in [-0.15, -0.1) is 0 Å². The summed E-state index contributed by atoms with van der Waals surface area (Å²) in [6.07, 6.45) is 2.54. The molecule has 0 aliphatic rings. The number of carboxylic acid groups (broad SMARTS) is 1. The highest BCUT2D eigenvalue weighted by Crippen LogP contribution is 2.29. The van der Waals surface area contributed by atoms with Gasteiger partial charge < -0.3 is 14.4 Å². The lowest BCUT2D eigenvalue weighted by molar-refractivity contribution is -0.137. The molecule has 3 aromatic carbocycles. The molecule has 0 fully saturated rings. The first kappa shape index (κ1) is 21.9. The van der Waals surface area contributed by atoms with E-state index in [0.717, 1.165) is 46.6 Å². The number of aliphatic carboxylic acids is 1. The van der Waals surface area contributed by atoms with E-state index in [4.69, 9.17) is 26.4 Å². The number of halogens is 1.